The minimum atomic E-state index is -0.841. The van der Waals surface area contributed by atoms with Gasteiger partial charge in [-0.2, -0.15) is 0 Å². The molecule has 0 saturated heterocycles. The van der Waals surface area contributed by atoms with Gasteiger partial charge < -0.3 is 10.2 Å². The zero-order valence-corrected chi connectivity index (χ0v) is 24.5. The predicted molar refractivity (Wildman–Crippen MR) is 164 cm³/mol. The molecule has 0 radical (unpaired) electrons. The first kappa shape index (κ1) is 28.7. The lowest BCUT2D eigenvalue weighted by atomic mass is 10.0. The molecule has 1 aliphatic rings. The quantitative estimate of drug-likeness (QED) is 0.229. The van der Waals surface area contributed by atoms with Gasteiger partial charge >= 0.3 is 0 Å². The van der Waals surface area contributed by atoms with E-state index in [9.17, 15) is 14.4 Å². The number of anilines is 1. The molecule has 8 heteroatoms. The van der Waals surface area contributed by atoms with Crippen molar-refractivity contribution in [2.24, 2.45) is 5.92 Å². The van der Waals surface area contributed by atoms with Gasteiger partial charge in [0.2, 0.25) is 11.8 Å². The van der Waals surface area contributed by atoms with Gasteiger partial charge in [-0.3, -0.25) is 19.3 Å². The van der Waals surface area contributed by atoms with Crippen LogP contribution >= 0.6 is 23.2 Å². The second-order valence-corrected chi connectivity index (χ2v) is 11.5. The van der Waals surface area contributed by atoms with Gasteiger partial charge in [0.05, 0.1) is 5.69 Å². The van der Waals surface area contributed by atoms with Crippen LogP contribution in [-0.2, 0) is 22.6 Å². The van der Waals surface area contributed by atoms with E-state index in [0.29, 0.717) is 39.8 Å². The van der Waals surface area contributed by atoms with Crippen molar-refractivity contribution in [2.75, 3.05) is 18.0 Å². The van der Waals surface area contributed by atoms with Crippen LogP contribution in [0.1, 0.15) is 35.3 Å². The Morgan fingerprint density at radius 2 is 1.66 bits per heavy atom. The van der Waals surface area contributed by atoms with Crippen LogP contribution in [0.4, 0.5) is 5.69 Å². The van der Waals surface area contributed by atoms with Crippen LogP contribution in [0.2, 0.25) is 10.0 Å². The van der Waals surface area contributed by atoms with E-state index in [2.05, 4.69) is 5.32 Å². The molecule has 5 rings (SSSR count). The first-order valence-corrected chi connectivity index (χ1v) is 14.4. The van der Waals surface area contributed by atoms with E-state index in [1.54, 1.807) is 24.3 Å². The number of carbonyl (C=O) groups is 3. The molecule has 0 spiro atoms. The lowest BCUT2D eigenvalue weighted by Gasteiger charge is -2.33. The van der Waals surface area contributed by atoms with Gasteiger partial charge in [-0.15, -0.1) is 0 Å². The van der Waals surface area contributed by atoms with Crippen molar-refractivity contribution in [1.82, 2.24) is 10.2 Å². The van der Waals surface area contributed by atoms with E-state index in [1.807, 2.05) is 74.5 Å². The molecule has 3 amide bonds. The number of carbonyl (C=O) groups excluding carboxylic acids is 3. The van der Waals surface area contributed by atoms with E-state index in [0.717, 1.165) is 16.3 Å². The van der Waals surface area contributed by atoms with Crippen molar-refractivity contribution in [2.45, 2.75) is 32.9 Å². The van der Waals surface area contributed by atoms with Gasteiger partial charge in [0, 0.05) is 40.5 Å². The number of halogens is 2. The molecule has 210 valence electrons. The SMILES string of the molecule is CC(C)CNC(=O)[C@@H](Cc1ccccc1)N(Cc1ccc(Cl)cc1Cl)C(=O)CN1C(=O)c2cccc3cccc1c23. The average Bonchev–Trinajstić information content (AvgIpc) is 3.23. The molecule has 0 saturated carbocycles. The molecule has 1 atom stereocenters. The molecule has 0 unspecified atom stereocenters. The molecule has 1 heterocycles. The summed E-state index contributed by atoms with van der Waals surface area (Å²) in [5, 5.41) is 5.64. The number of nitrogens with one attached hydrogen (secondary N) is 1. The summed E-state index contributed by atoms with van der Waals surface area (Å²) in [6.07, 6.45) is 0.297. The van der Waals surface area contributed by atoms with Crippen LogP contribution in [0, 0.1) is 5.92 Å². The van der Waals surface area contributed by atoms with Crippen molar-refractivity contribution >= 4 is 57.4 Å². The van der Waals surface area contributed by atoms with Gasteiger partial charge in [-0.25, -0.2) is 0 Å². The summed E-state index contributed by atoms with van der Waals surface area (Å²) in [6.45, 7) is 4.34. The van der Waals surface area contributed by atoms with Gasteiger partial charge in [-0.05, 0) is 46.7 Å². The third-order valence-electron chi connectivity index (χ3n) is 7.25. The number of rotatable bonds is 10. The minimum Gasteiger partial charge on any atom is -0.354 e. The Bertz CT molecular complexity index is 1600. The first-order chi connectivity index (χ1) is 19.7. The highest BCUT2D eigenvalue weighted by Gasteiger charge is 2.36. The van der Waals surface area contributed by atoms with E-state index >= 15 is 0 Å². The van der Waals surface area contributed by atoms with Crippen molar-refractivity contribution in [1.29, 1.82) is 0 Å². The number of hydrogen-bond acceptors (Lipinski definition) is 3. The van der Waals surface area contributed by atoms with E-state index in [1.165, 1.54) is 9.80 Å². The zero-order valence-electron chi connectivity index (χ0n) is 22.9. The molecule has 4 aromatic rings. The third-order valence-corrected chi connectivity index (χ3v) is 7.84. The maximum atomic E-state index is 14.3. The molecular formula is C33H31Cl2N3O3. The van der Waals surface area contributed by atoms with Gasteiger partial charge in [0.25, 0.3) is 5.91 Å². The molecule has 0 fully saturated rings. The van der Waals surface area contributed by atoms with Crippen LogP contribution in [0.25, 0.3) is 10.8 Å². The van der Waals surface area contributed by atoms with Crippen LogP contribution in [0.3, 0.4) is 0 Å². The fourth-order valence-corrected chi connectivity index (χ4v) is 5.64. The maximum Gasteiger partial charge on any atom is 0.259 e. The van der Waals surface area contributed by atoms with E-state index in [4.69, 9.17) is 23.2 Å². The number of amides is 3. The summed E-state index contributed by atoms with van der Waals surface area (Å²) in [7, 11) is 0. The fourth-order valence-electron chi connectivity index (χ4n) is 5.17. The lowest BCUT2D eigenvalue weighted by molar-refractivity contribution is -0.140. The first-order valence-electron chi connectivity index (χ1n) is 13.6. The maximum absolute atomic E-state index is 14.3. The van der Waals surface area contributed by atoms with Crippen LogP contribution < -0.4 is 10.2 Å². The molecule has 41 heavy (non-hydrogen) atoms. The van der Waals surface area contributed by atoms with Crippen LogP contribution in [0.15, 0.2) is 84.9 Å². The zero-order chi connectivity index (χ0) is 29.1. The second-order valence-electron chi connectivity index (χ2n) is 10.7. The van der Waals surface area contributed by atoms with E-state index < -0.39 is 6.04 Å². The molecule has 0 bridgehead atoms. The minimum absolute atomic E-state index is 0.0701. The summed E-state index contributed by atoms with van der Waals surface area (Å²) in [5.74, 6) is -0.639. The smallest absolute Gasteiger partial charge is 0.259 e. The van der Waals surface area contributed by atoms with Crippen LogP contribution in [-0.4, -0.2) is 41.8 Å². The average molecular weight is 589 g/mol. The number of benzene rings is 4. The molecule has 6 nitrogen and oxygen atoms in total. The van der Waals surface area contributed by atoms with Crippen molar-refractivity contribution in [3.63, 3.8) is 0 Å². The Kier molecular flexibility index (Phi) is 8.62. The van der Waals surface area contributed by atoms with Crippen LogP contribution in [0.5, 0.6) is 0 Å². The summed E-state index contributed by atoms with van der Waals surface area (Å²) in [6, 6.07) is 25.1. The summed E-state index contributed by atoms with van der Waals surface area (Å²) in [5.41, 5.74) is 2.81. The van der Waals surface area contributed by atoms with E-state index in [-0.39, 0.29) is 36.7 Å². The second kappa shape index (κ2) is 12.3. The Morgan fingerprint density at radius 3 is 2.37 bits per heavy atom. The van der Waals surface area contributed by atoms with Gasteiger partial charge in [-0.1, -0.05) is 97.7 Å². The molecule has 1 N–H and O–H groups in total. The normalized spacial score (nSPS) is 13.1. The number of hydrogen-bond donors (Lipinski definition) is 1. The summed E-state index contributed by atoms with van der Waals surface area (Å²) < 4.78 is 0. The van der Waals surface area contributed by atoms with Gasteiger partial charge in [0.15, 0.2) is 0 Å². The summed E-state index contributed by atoms with van der Waals surface area (Å²) >= 11 is 12.7. The van der Waals surface area contributed by atoms with Crippen molar-refractivity contribution < 1.29 is 14.4 Å². The Balaban J connectivity index is 1.52. The fraction of sp³-hybridized carbons (Fsp3) is 0.242. The van der Waals surface area contributed by atoms with Crippen molar-refractivity contribution in [3.8, 4) is 0 Å². The monoisotopic (exact) mass is 587 g/mol. The number of nitrogens with zero attached hydrogens (tertiary/aromatic N) is 2. The molecule has 0 aliphatic carbocycles. The molecule has 1 aliphatic heterocycles. The lowest BCUT2D eigenvalue weighted by Crippen LogP contribution is -2.53. The largest absolute Gasteiger partial charge is 0.354 e. The molecule has 4 aromatic carbocycles. The highest BCUT2D eigenvalue weighted by atomic mass is 35.5. The standard InChI is InChI=1S/C33H31Cl2N3O3/c1-21(2)18-36-32(40)29(16-22-8-4-3-5-9-22)37(19-24-14-15-25(34)17-27(24)35)30(39)20-38-28-13-7-11-23-10-6-12-26(31(23)28)33(38)41/h3-15,17,21,29H,16,18-20H2,1-2H3,(H,36,40)/t29-/m1/s1. The Labute approximate surface area is 249 Å². The highest BCUT2D eigenvalue weighted by molar-refractivity contribution is 6.35. The third kappa shape index (κ3) is 6.24. The predicted octanol–water partition coefficient (Wildman–Crippen LogP) is 6.52. The summed E-state index contributed by atoms with van der Waals surface area (Å²) in [4.78, 5) is 44.5. The van der Waals surface area contributed by atoms with Gasteiger partial charge in [0.1, 0.15) is 12.6 Å². The molecular weight excluding hydrogens is 557 g/mol. The Hall–Kier alpha value is -3.87. The topological polar surface area (TPSA) is 69.7 Å². The highest BCUT2D eigenvalue weighted by Crippen LogP contribution is 2.37. The van der Waals surface area contributed by atoms with Crippen molar-refractivity contribution in [3.05, 3.63) is 112 Å². The Morgan fingerprint density at radius 1 is 0.927 bits per heavy atom. The molecule has 0 aromatic heterocycles.